The van der Waals surface area contributed by atoms with Gasteiger partial charge in [-0.3, -0.25) is 4.98 Å². The molecule has 0 unspecified atom stereocenters. The van der Waals surface area contributed by atoms with Gasteiger partial charge in [0, 0.05) is 32.0 Å². The van der Waals surface area contributed by atoms with Gasteiger partial charge in [0.15, 0.2) is 5.11 Å². The molecule has 1 atom stereocenters. The summed E-state index contributed by atoms with van der Waals surface area (Å²) < 4.78 is 0. The van der Waals surface area contributed by atoms with Gasteiger partial charge >= 0.3 is 0 Å². The lowest BCUT2D eigenvalue weighted by atomic mass is 10.0. The predicted octanol–water partition coefficient (Wildman–Crippen LogP) is 3.20. The average molecular weight is 341 g/mol. The Hall–Kier alpha value is -2.21. The number of hydrogen-bond acceptors (Lipinski definition) is 4. The Kier molecular flexibility index (Phi) is 5.59. The molecule has 2 aromatic rings. The van der Waals surface area contributed by atoms with Gasteiger partial charge in [-0.05, 0) is 54.7 Å². The van der Waals surface area contributed by atoms with E-state index in [0.717, 1.165) is 36.1 Å². The molecular formula is C18H23N5S. The summed E-state index contributed by atoms with van der Waals surface area (Å²) in [6.07, 6.45) is 7.98. The van der Waals surface area contributed by atoms with Crippen LogP contribution in [0.15, 0.2) is 42.9 Å². The second-order valence-electron chi connectivity index (χ2n) is 6.27. The van der Waals surface area contributed by atoms with Crippen molar-refractivity contribution in [2.75, 3.05) is 23.3 Å². The van der Waals surface area contributed by atoms with Crippen molar-refractivity contribution >= 4 is 28.8 Å². The highest BCUT2D eigenvalue weighted by atomic mass is 32.1. The van der Waals surface area contributed by atoms with Gasteiger partial charge in [0.1, 0.15) is 5.82 Å². The number of hydrogen-bond donors (Lipinski definition) is 2. The van der Waals surface area contributed by atoms with Crippen LogP contribution in [-0.4, -0.2) is 28.2 Å². The van der Waals surface area contributed by atoms with Crippen LogP contribution in [-0.2, 0) is 6.54 Å². The summed E-state index contributed by atoms with van der Waals surface area (Å²) in [6.45, 7) is 5.13. The lowest BCUT2D eigenvalue weighted by molar-refractivity contribution is 0.444. The topological polar surface area (TPSA) is 53.1 Å². The van der Waals surface area contributed by atoms with Crippen molar-refractivity contribution in [3.63, 3.8) is 0 Å². The van der Waals surface area contributed by atoms with E-state index in [2.05, 4.69) is 38.5 Å². The first kappa shape index (κ1) is 16.6. The van der Waals surface area contributed by atoms with Gasteiger partial charge in [-0.1, -0.05) is 13.0 Å². The highest BCUT2D eigenvalue weighted by molar-refractivity contribution is 7.80. The smallest absolute Gasteiger partial charge is 0.171 e. The number of nitrogens with zero attached hydrogens (tertiary/aromatic N) is 3. The zero-order valence-corrected chi connectivity index (χ0v) is 14.7. The van der Waals surface area contributed by atoms with E-state index in [-0.39, 0.29) is 0 Å². The van der Waals surface area contributed by atoms with E-state index < -0.39 is 0 Å². The zero-order chi connectivity index (χ0) is 16.8. The highest BCUT2D eigenvalue weighted by Gasteiger charge is 2.17. The van der Waals surface area contributed by atoms with Gasteiger partial charge in [-0.15, -0.1) is 0 Å². The van der Waals surface area contributed by atoms with Crippen LogP contribution < -0.4 is 15.5 Å². The number of anilines is 2. The Bertz CT molecular complexity index is 659. The molecule has 3 heterocycles. The average Bonchev–Trinajstić information content (AvgIpc) is 2.61. The molecule has 0 aromatic carbocycles. The van der Waals surface area contributed by atoms with Crippen molar-refractivity contribution in [3.05, 3.63) is 48.4 Å². The third-order valence-electron chi connectivity index (χ3n) is 4.16. The fraction of sp³-hybridized carbons (Fsp3) is 0.389. The number of piperidine rings is 1. The third kappa shape index (κ3) is 4.64. The summed E-state index contributed by atoms with van der Waals surface area (Å²) in [4.78, 5) is 11.0. The summed E-state index contributed by atoms with van der Waals surface area (Å²) in [5.74, 6) is 1.78. The highest BCUT2D eigenvalue weighted by Crippen LogP contribution is 2.22. The van der Waals surface area contributed by atoms with E-state index in [1.54, 1.807) is 6.20 Å². The molecule has 0 saturated carbocycles. The fourth-order valence-corrected chi connectivity index (χ4v) is 3.09. The lowest BCUT2D eigenvalue weighted by Gasteiger charge is -2.31. The van der Waals surface area contributed by atoms with E-state index in [0.29, 0.717) is 11.7 Å². The molecule has 24 heavy (non-hydrogen) atoms. The van der Waals surface area contributed by atoms with Crippen LogP contribution in [0.1, 0.15) is 25.3 Å². The predicted molar refractivity (Wildman–Crippen MR) is 102 cm³/mol. The maximum absolute atomic E-state index is 5.33. The normalized spacial score (nSPS) is 17.4. The first-order chi connectivity index (χ1) is 11.7. The Morgan fingerprint density at radius 2 is 2.25 bits per heavy atom. The first-order valence-electron chi connectivity index (χ1n) is 8.35. The van der Waals surface area contributed by atoms with Gasteiger partial charge in [0.25, 0.3) is 0 Å². The molecule has 126 valence electrons. The minimum atomic E-state index is 0.583. The largest absolute Gasteiger partial charge is 0.358 e. The minimum Gasteiger partial charge on any atom is -0.358 e. The zero-order valence-electron chi connectivity index (χ0n) is 13.9. The molecule has 1 fully saturated rings. The summed E-state index contributed by atoms with van der Waals surface area (Å²) >= 11 is 5.33. The van der Waals surface area contributed by atoms with Gasteiger partial charge < -0.3 is 15.5 Å². The van der Waals surface area contributed by atoms with Gasteiger partial charge in [0.05, 0.1) is 11.9 Å². The maximum Gasteiger partial charge on any atom is 0.171 e. The van der Waals surface area contributed by atoms with Crippen molar-refractivity contribution < 1.29 is 0 Å². The van der Waals surface area contributed by atoms with Crippen LogP contribution in [0.4, 0.5) is 11.5 Å². The van der Waals surface area contributed by atoms with Crippen LogP contribution in [0.25, 0.3) is 0 Å². The number of thiocarbonyl (C=S) groups is 1. The second kappa shape index (κ2) is 8.06. The maximum atomic E-state index is 5.33. The van der Waals surface area contributed by atoms with E-state index in [1.807, 2.05) is 30.6 Å². The van der Waals surface area contributed by atoms with Gasteiger partial charge in [-0.25, -0.2) is 4.98 Å². The monoisotopic (exact) mass is 341 g/mol. The first-order valence-corrected chi connectivity index (χ1v) is 8.76. The number of rotatable bonds is 4. The fourth-order valence-electron chi connectivity index (χ4n) is 2.90. The molecule has 5 nitrogen and oxygen atoms in total. The third-order valence-corrected chi connectivity index (χ3v) is 4.41. The molecule has 0 aliphatic carbocycles. The van der Waals surface area contributed by atoms with E-state index in [1.165, 1.54) is 12.8 Å². The summed E-state index contributed by atoms with van der Waals surface area (Å²) in [6, 6.07) is 8.01. The number of pyridine rings is 2. The molecule has 2 N–H and O–H groups in total. The van der Waals surface area contributed by atoms with Crippen LogP contribution in [0.5, 0.6) is 0 Å². The molecule has 0 spiro atoms. The van der Waals surface area contributed by atoms with Gasteiger partial charge in [0.2, 0.25) is 0 Å². The molecule has 0 bridgehead atoms. The van der Waals surface area contributed by atoms with Crippen LogP contribution in [0, 0.1) is 5.92 Å². The van der Waals surface area contributed by atoms with Gasteiger partial charge in [-0.2, -0.15) is 0 Å². The van der Waals surface area contributed by atoms with E-state index >= 15 is 0 Å². The van der Waals surface area contributed by atoms with Crippen LogP contribution >= 0.6 is 12.2 Å². The van der Waals surface area contributed by atoms with Crippen molar-refractivity contribution in [2.45, 2.75) is 26.3 Å². The molecule has 2 aromatic heterocycles. The summed E-state index contributed by atoms with van der Waals surface area (Å²) in [5, 5.41) is 6.93. The van der Waals surface area contributed by atoms with Crippen LogP contribution in [0.2, 0.25) is 0 Å². The Balaban J connectivity index is 1.51. The molecule has 0 radical (unpaired) electrons. The molecule has 3 rings (SSSR count). The van der Waals surface area contributed by atoms with Crippen LogP contribution in [0.3, 0.4) is 0 Å². The van der Waals surface area contributed by atoms with E-state index in [4.69, 9.17) is 12.2 Å². The Morgan fingerprint density at radius 3 is 2.96 bits per heavy atom. The number of nitrogens with one attached hydrogen (secondary N) is 2. The minimum absolute atomic E-state index is 0.583. The summed E-state index contributed by atoms with van der Waals surface area (Å²) in [5.41, 5.74) is 1.99. The van der Waals surface area contributed by atoms with Crippen molar-refractivity contribution in [1.82, 2.24) is 15.3 Å². The SMILES string of the molecule is C[C@H]1CCCN(c2ccc(NC(=S)NCc3cccnc3)cn2)C1. The quantitative estimate of drug-likeness (QED) is 0.833. The molecule has 0 amide bonds. The lowest BCUT2D eigenvalue weighted by Crippen LogP contribution is -2.34. The standard InChI is InChI=1S/C18H23N5S/c1-14-4-3-9-23(13-14)17-7-6-16(12-20-17)22-18(24)21-11-15-5-2-8-19-10-15/h2,5-8,10,12,14H,3-4,9,11,13H2,1H3,(H2,21,22,24)/t14-/m0/s1. The Morgan fingerprint density at radius 1 is 1.33 bits per heavy atom. The number of aromatic nitrogens is 2. The van der Waals surface area contributed by atoms with E-state index in [9.17, 15) is 0 Å². The Labute approximate surface area is 148 Å². The molecule has 1 aliphatic heterocycles. The van der Waals surface area contributed by atoms with Crippen molar-refractivity contribution in [2.24, 2.45) is 5.92 Å². The molecule has 1 saturated heterocycles. The summed E-state index contributed by atoms with van der Waals surface area (Å²) in [7, 11) is 0. The van der Waals surface area contributed by atoms with Crippen molar-refractivity contribution in [3.8, 4) is 0 Å². The van der Waals surface area contributed by atoms with Crippen molar-refractivity contribution in [1.29, 1.82) is 0 Å². The molecule has 1 aliphatic rings. The second-order valence-corrected chi connectivity index (χ2v) is 6.68. The molecular weight excluding hydrogens is 318 g/mol. The molecule has 6 heteroatoms.